The molecule has 2 aliphatic heterocycles. The second-order valence-electron chi connectivity index (χ2n) is 3.94. The highest BCUT2D eigenvalue weighted by Gasteiger charge is 2.37. The topological polar surface area (TPSA) is 24.4 Å². The molecule has 2 heterocycles. The quantitative estimate of drug-likeness (QED) is 0.763. The van der Waals surface area contributed by atoms with E-state index in [4.69, 9.17) is 0 Å². The first-order valence-electron chi connectivity index (χ1n) is 5.10. The first-order valence-corrected chi connectivity index (χ1v) is 5.10. The molecule has 16 heavy (non-hydrogen) atoms. The van der Waals surface area contributed by atoms with Crippen LogP contribution >= 0.6 is 12.4 Å². The molecule has 1 saturated heterocycles. The number of piperidine rings is 1. The smallest absolute Gasteiger partial charge is 0.317 e. The molecule has 0 aromatic rings. The summed E-state index contributed by atoms with van der Waals surface area (Å²) < 4.78 is 36.9. The zero-order valence-electron chi connectivity index (χ0n) is 8.68. The molecule has 92 valence electrons. The molecule has 0 bridgehead atoms. The molecule has 2 nitrogen and oxygen atoms in total. The molecule has 2 aliphatic rings. The Morgan fingerprint density at radius 2 is 1.88 bits per heavy atom. The highest BCUT2D eigenvalue weighted by molar-refractivity contribution is 6.01. The third kappa shape index (κ3) is 2.98. The number of halogens is 4. The molecule has 0 spiro atoms. The van der Waals surface area contributed by atoms with E-state index in [1.807, 2.05) is 0 Å². The first kappa shape index (κ1) is 13.5. The standard InChI is InChI=1S/C10H13F3N2.ClH/c11-10(12,13)9-5-8(6-15-9)7-1-3-14-4-2-7;/h5,7,14H,1-4,6H2;1H. The maximum atomic E-state index is 12.3. The molecule has 0 amide bonds. The van der Waals surface area contributed by atoms with Crippen LogP contribution in [0.3, 0.4) is 0 Å². The number of hydrogen-bond acceptors (Lipinski definition) is 2. The zero-order valence-corrected chi connectivity index (χ0v) is 9.50. The summed E-state index contributed by atoms with van der Waals surface area (Å²) in [6.45, 7) is 2.02. The van der Waals surface area contributed by atoms with Gasteiger partial charge >= 0.3 is 6.18 Å². The third-order valence-electron chi connectivity index (χ3n) is 2.91. The maximum absolute atomic E-state index is 12.3. The van der Waals surface area contributed by atoms with Crippen LogP contribution in [0.25, 0.3) is 0 Å². The van der Waals surface area contributed by atoms with E-state index < -0.39 is 11.9 Å². The number of aliphatic imine (C=N–C) groups is 1. The van der Waals surface area contributed by atoms with Crippen LogP contribution in [-0.2, 0) is 0 Å². The predicted octanol–water partition coefficient (Wildman–Crippen LogP) is 2.35. The summed E-state index contributed by atoms with van der Waals surface area (Å²) in [6, 6.07) is 0. The van der Waals surface area contributed by atoms with Crippen LogP contribution in [-0.4, -0.2) is 31.5 Å². The van der Waals surface area contributed by atoms with Crippen molar-refractivity contribution in [2.24, 2.45) is 10.9 Å². The third-order valence-corrected chi connectivity index (χ3v) is 2.91. The fourth-order valence-corrected chi connectivity index (χ4v) is 2.05. The van der Waals surface area contributed by atoms with Gasteiger partial charge in [0.1, 0.15) is 5.71 Å². The van der Waals surface area contributed by atoms with Gasteiger partial charge in [-0.25, -0.2) is 0 Å². The number of hydrogen-bond donors (Lipinski definition) is 1. The fourth-order valence-electron chi connectivity index (χ4n) is 2.05. The summed E-state index contributed by atoms with van der Waals surface area (Å²) in [5.74, 6) is 0.287. The van der Waals surface area contributed by atoms with Crippen LogP contribution in [0.2, 0.25) is 0 Å². The van der Waals surface area contributed by atoms with Crippen molar-refractivity contribution in [3.63, 3.8) is 0 Å². The largest absolute Gasteiger partial charge is 0.432 e. The number of alkyl halides is 3. The lowest BCUT2D eigenvalue weighted by Gasteiger charge is -2.23. The van der Waals surface area contributed by atoms with E-state index >= 15 is 0 Å². The number of allylic oxidation sites excluding steroid dienone is 1. The highest BCUT2D eigenvalue weighted by Crippen LogP contribution is 2.29. The Morgan fingerprint density at radius 3 is 2.38 bits per heavy atom. The second-order valence-corrected chi connectivity index (χ2v) is 3.94. The minimum atomic E-state index is -4.28. The van der Waals surface area contributed by atoms with Crippen molar-refractivity contribution in [1.29, 1.82) is 0 Å². The molecule has 0 aromatic carbocycles. The lowest BCUT2D eigenvalue weighted by Crippen LogP contribution is -2.29. The van der Waals surface area contributed by atoms with Crippen LogP contribution < -0.4 is 5.32 Å². The van der Waals surface area contributed by atoms with Gasteiger partial charge in [-0.15, -0.1) is 12.4 Å². The molecule has 0 unspecified atom stereocenters. The van der Waals surface area contributed by atoms with Gasteiger partial charge in [-0.3, -0.25) is 4.99 Å². The normalized spacial score (nSPS) is 22.4. The Hall–Kier alpha value is -0.550. The van der Waals surface area contributed by atoms with E-state index in [1.54, 1.807) is 0 Å². The van der Waals surface area contributed by atoms with Crippen molar-refractivity contribution < 1.29 is 13.2 Å². The summed E-state index contributed by atoms with van der Waals surface area (Å²) in [5.41, 5.74) is 0.139. The molecule has 1 N–H and O–H groups in total. The van der Waals surface area contributed by atoms with Crippen molar-refractivity contribution in [3.05, 3.63) is 11.6 Å². The van der Waals surface area contributed by atoms with Gasteiger partial charge in [-0.1, -0.05) is 0 Å². The van der Waals surface area contributed by atoms with Crippen molar-refractivity contribution in [3.8, 4) is 0 Å². The Bertz CT molecular complexity index is 304. The summed E-state index contributed by atoms with van der Waals surface area (Å²) >= 11 is 0. The number of rotatable bonds is 1. The van der Waals surface area contributed by atoms with Crippen LogP contribution in [0.15, 0.2) is 16.6 Å². The molecule has 2 rings (SSSR count). The monoisotopic (exact) mass is 254 g/mol. The Kier molecular flexibility index (Phi) is 4.38. The Balaban J connectivity index is 0.00000128. The summed E-state index contributed by atoms with van der Waals surface area (Å²) in [5, 5.41) is 3.19. The van der Waals surface area contributed by atoms with Gasteiger partial charge in [-0.05, 0) is 43.5 Å². The summed E-state index contributed by atoms with van der Waals surface area (Å²) in [7, 11) is 0. The van der Waals surface area contributed by atoms with Crippen molar-refractivity contribution in [2.45, 2.75) is 19.0 Å². The van der Waals surface area contributed by atoms with Gasteiger partial charge in [0.25, 0.3) is 0 Å². The SMILES string of the molecule is Cl.FC(F)(F)C1=NCC(C2CCNCC2)=C1. The maximum Gasteiger partial charge on any atom is 0.432 e. The molecule has 0 aliphatic carbocycles. The molecule has 0 aromatic heterocycles. The van der Waals surface area contributed by atoms with Gasteiger partial charge in [-0.2, -0.15) is 13.2 Å². The number of nitrogens with one attached hydrogen (secondary N) is 1. The summed E-state index contributed by atoms with van der Waals surface area (Å²) in [4.78, 5) is 3.54. The predicted molar refractivity (Wildman–Crippen MR) is 59.3 cm³/mol. The van der Waals surface area contributed by atoms with Crippen molar-refractivity contribution in [2.75, 3.05) is 19.6 Å². The van der Waals surface area contributed by atoms with Crippen LogP contribution in [0.5, 0.6) is 0 Å². The Labute approximate surface area is 98.4 Å². The van der Waals surface area contributed by atoms with Crippen molar-refractivity contribution >= 4 is 18.1 Å². The number of nitrogens with zero attached hydrogens (tertiary/aromatic N) is 1. The van der Waals surface area contributed by atoms with Gasteiger partial charge in [0, 0.05) is 0 Å². The molecule has 0 saturated carbocycles. The van der Waals surface area contributed by atoms with E-state index in [0.717, 1.165) is 31.5 Å². The zero-order chi connectivity index (χ0) is 10.9. The van der Waals surface area contributed by atoms with E-state index in [2.05, 4.69) is 10.3 Å². The lowest BCUT2D eigenvalue weighted by molar-refractivity contribution is -0.0576. The van der Waals surface area contributed by atoms with Gasteiger partial charge in [0.2, 0.25) is 0 Å². The molecule has 1 fully saturated rings. The highest BCUT2D eigenvalue weighted by atomic mass is 35.5. The second kappa shape index (κ2) is 5.19. The first-order chi connectivity index (χ1) is 7.07. The average molecular weight is 255 g/mol. The van der Waals surface area contributed by atoms with Gasteiger partial charge in [0.05, 0.1) is 6.54 Å². The van der Waals surface area contributed by atoms with Gasteiger partial charge < -0.3 is 5.32 Å². The molecule has 0 radical (unpaired) electrons. The van der Waals surface area contributed by atoms with Crippen molar-refractivity contribution in [1.82, 2.24) is 5.32 Å². The molecular weight excluding hydrogens is 241 g/mol. The van der Waals surface area contributed by atoms with Gasteiger partial charge in [0.15, 0.2) is 0 Å². The summed E-state index contributed by atoms with van der Waals surface area (Å²) in [6.07, 6.45) is -1.20. The van der Waals surface area contributed by atoms with E-state index in [-0.39, 0.29) is 24.9 Å². The van der Waals surface area contributed by atoms with E-state index in [9.17, 15) is 13.2 Å². The minimum absolute atomic E-state index is 0. The lowest BCUT2D eigenvalue weighted by atomic mass is 9.90. The van der Waals surface area contributed by atoms with Crippen LogP contribution in [0.1, 0.15) is 12.8 Å². The van der Waals surface area contributed by atoms with E-state index in [0.29, 0.717) is 0 Å². The van der Waals surface area contributed by atoms with Crippen LogP contribution in [0, 0.1) is 5.92 Å². The Morgan fingerprint density at radius 1 is 1.25 bits per heavy atom. The molecule has 0 atom stereocenters. The van der Waals surface area contributed by atoms with E-state index in [1.165, 1.54) is 6.08 Å². The minimum Gasteiger partial charge on any atom is -0.317 e. The molecular formula is C10H14ClF3N2. The molecule has 6 heteroatoms. The van der Waals surface area contributed by atoms with Crippen LogP contribution in [0.4, 0.5) is 13.2 Å². The fraction of sp³-hybridized carbons (Fsp3) is 0.700. The average Bonchev–Trinajstić information content (AvgIpc) is 2.67.